The summed E-state index contributed by atoms with van der Waals surface area (Å²) in [5.74, 6) is 0.330. The summed E-state index contributed by atoms with van der Waals surface area (Å²) in [4.78, 5) is 44.2. The van der Waals surface area contributed by atoms with Gasteiger partial charge in [-0.1, -0.05) is 124 Å². The number of pyridine rings is 1. The Morgan fingerprint density at radius 1 is 0.852 bits per heavy atom. The van der Waals surface area contributed by atoms with Crippen LogP contribution in [0.2, 0.25) is 18.1 Å². The molecule has 0 aliphatic carbocycles. The highest BCUT2D eigenvalue weighted by atomic mass is 28.4. The Balaban J connectivity index is 0.977. The maximum absolute atomic E-state index is 13.4. The zero-order chi connectivity index (χ0) is 43.5. The first-order chi connectivity index (χ1) is 29.3. The predicted octanol–water partition coefficient (Wildman–Crippen LogP) is 8.23. The summed E-state index contributed by atoms with van der Waals surface area (Å²) >= 11 is 0. The van der Waals surface area contributed by atoms with Crippen LogP contribution in [0.5, 0.6) is 5.75 Å². The molecule has 0 unspecified atom stereocenters. The maximum atomic E-state index is 13.4. The van der Waals surface area contributed by atoms with Gasteiger partial charge in [0.25, 0.3) is 0 Å². The Morgan fingerprint density at radius 2 is 1.49 bits per heavy atom. The highest BCUT2D eigenvalue weighted by Gasteiger charge is 2.49. The van der Waals surface area contributed by atoms with Gasteiger partial charge in [0.2, 0.25) is 17.4 Å². The molecule has 61 heavy (non-hydrogen) atoms. The van der Waals surface area contributed by atoms with E-state index >= 15 is 0 Å². The van der Waals surface area contributed by atoms with E-state index in [4.69, 9.17) is 14.9 Å². The zero-order valence-electron chi connectivity index (χ0n) is 36.7. The van der Waals surface area contributed by atoms with Crippen molar-refractivity contribution in [3.8, 4) is 5.75 Å². The summed E-state index contributed by atoms with van der Waals surface area (Å²) in [7, 11) is -2.18. The molecule has 5 N–H and O–H groups in total. The number of carbonyl (C=O) groups is 2. The molecule has 0 radical (unpaired) electrons. The van der Waals surface area contributed by atoms with Gasteiger partial charge in [-0.2, -0.15) is 0 Å². The monoisotopic (exact) mass is 843 g/mol. The molecule has 1 aliphatic heterocycles. The molecule has 0 bridgehead atoms. The third kappa shape index (κ3) is 11.3. The second kappa shape index (κ2) is 20.7. The van der Waals surface area contributed by atoms with Gasteiger partial charge in [-0.05, 0) is 90.8 Å². The lowest BCUT2D eigenvalue weighted by molar-refractivity contribution is -0.124. The van der Waals surface area contributed by atoms with Gasteiger partial charge in [0.05, 0.1) is 11.6 Å². The smallest absolute Gasteiger partial charge is 0.248 e. The van der Waals surface area contributed by atoms with E-state index in [-0.39, 0.29) is 34.4 Å². The van der Waals surface area contributed by atoms with Crippen LogP contribution in [0.4, 0.5) is 0 Å². The molecule has 2 heterocycles. The van der Waals surface area contributed by atoms with Crippen molar-refractivity contribution in [1.29, 1.82) is 0 Å². The van der Waals surface area contributed by atoms with E-state index in [0.29, 0.717) is 50.5 Å². The second-order valence-electron chi connectivity index (χ2n) is 18.0. The van der Waals surface area contributed by atoms with Gasteiger partial charge in [0, 0.05) is 44.1 Å². The van der Waals surface area contributed by atoms with Crippen molar-refractivity contribution < 1.29 is 18.8 Å². The number of fused-ring (bicyclic) bond motifs is 1. The first-order valence-electron chi connectivity index (χ1n) is 21.9. The van der Waals surface area contributed by atoms with Crippen molar-refractivity contribution in [2.24, 2.45) is 11.7 Å². The number of hydrogen-bond acceptors (Lipinski definition) is 7. The number of primary amides is 1. The van der Waals surface area contributed by atoms with Crippen LogP contribution in [0.15, 0.2) is 120 Å². The average Bonchev–Trinajstić information content (AvgIpc) is 3.72. The first-order valence-corrected chi connectivity index (χ1v) is 24.8. The molecule has 5 aromatic rings. The Bertz CT molecular complexity index is 2200. The molecule has 6 rings (SSSR count). The van der Waals surface area contributed by atoms with Crippen molar-refractivity contribution in [1.82, 2.24) is 20.5 Å². The number of rotatable bonds is 21. The Hall–Kier alpha value is -5.07. The number of hydrogen-bond donors (Lipinski definition) is 4. The highest BCUT2D eigenvalue weighted by Crippen LogP contribution is 2.44. The Kier molecular flexibility index (Phi) is 15.4. The third-order valence-electron chi connectivity index (χ3n) is 12.8. The Morgan fingerprint density at radius 3 is 2.13 bits per heavy atom. The van der Waals surface area contributed by atoms with Gasteiger partial charge in [-0.15, -0.1) is 0 Å². The van der Waals surface area contributed by atoms with E-state index in [9.17, 15) is 14.4 Å². The summed E-state index contributed by atoms with van der Waals surface area (Å²) in [6.07, 6.45) is 3.82. The standard InChI is InChI=1S/C50H65N5O5Si/c1-49(2,3)61(4,5)60-44(41-24-26-43(47-42(41)25-27-46(57)54-47)59-36-37-18-10-6-11-19-37)34-52-30-16-9-17-31-53-45(56)29-33-55-32-28-40(35-55)50(48(51)58,38-20-12-7-13-21-38)39-22-14-8-15-23-39/h6-8,10-15,18-27,40,44,52H,9,16-17,28-36H2,1-5H3,(H2,51,58)(H,53,56)(H,54,57)/t40-,44+/m1/s1. The minimum atomic E-state index is -2.18. The van der Waals surface area contributed by atoms with E-state index in [1.807, 2.05) is 103 Å². The average molecular weight is 844 g/mol. The van der Waals surface area contributed by atoms with Crippen molar-refractivity contribution in [3.63, 3.8) is 0 Å². The lowest BCUT2D eigenvalue weighted by atomic mass is 9.64. The summed E-state index contributed by atoms with van der Waals surface area (Å²) in [6.45, 7) is 15.9. The van der Waals surface area contributed by atoms with E-state index in [0.717, 1.165) is 66.4 Å². The number of benzene rings is 4. The molecule has 1 saturated heterocycles. The zero-order valence-corrected chi connectivity index (χ0v) is 37.7. The fourth-order valence-corrected chi connectivity index (χ4v) is 9.68. The van der Waals surface area contributed by atoms with Crippen LogP contribution < -0.4 is 26.7 Å². The largest absolute Gasteiger partial charge is 0.487 e. The van der Waals surface area contributed by atoms with Crippen molar-refractivity contribution in [2.45, 2.75) is 89.1 Å². The number of aromatic nitrogens is 1. The van der Waals surface area contributed by atoms with Crippen LogP contribution in [0.25, 0.3) is 10.9 Å². The minimum absolute atomic E-state index is 0.00412. The van der Waals surface area contributed by atoms with Crippen molar-refractivity contribution in [2.75, 3.05) is 39.3 Å². The van der Waals surface area contributed by atoms with Gasteiger partial charge in [-0.25, -0.2) is 0 Å². The van der Waals surface area contributed by atoms with Crippen molar-refractivity contribution >= 4 is 31.0 Å². The number of H-pyrrole nitrogens is 1. The molecule has 1 aliphatic rings. The number of carbonyl (C=O) groups excluding carboxylic acids is 2. The first kappa shape index (κ1) is 45.5. The lowest BCUT2D eigenvalue weighted by Gasteiger charge is -2.39. The molecule has 1 fully saturated rings. The van der Waals surface area contributed by atoms with Crippen LogP contribution >= 0.6 is 0 Å². The van der Waals surface area contributed by atoms with Crippen LogP contribution in [-0.2, 0) is 26.0 Å². The molecule has 0 spiro atoms. The molecule has 11 heteroatoms. The fourth-order valence-electron chi connectivity index (χ4n) is 8.41. The van der Waals surface area contributed by atoms with Crippen molar-refractivity contribution in [3.05, 3.63) is 148 Å². The number of nitrogens with one attached hydrogen (secondary N) is 3. The maximum Gasteiger partial charge on any atom is 0.248 e. The second-order valence-corrected chi connectivity index (χ2v) is 22.7. The molecule has 0 saturated carbocycles. The minimum Gasteiger partial charge on any atom is -0.487 e. The third-order valence-corrected chi connectivity index (χ3v) is 17.3. The fraction of sp³-hybridized carbons (Fsp3) is 0.420. The molecule has 4 aromatic carbocycles. The topological polar surface area (TPSA) is 139 Å². The van der Waals surface area contributed by atoms with Gasteiger partial charge in [-0.3, -0.25) is 14.4 Å². The lowest BCUT2D eigenvalue weighted by Crippen LogP contribution is -2.49. The summed E-state index contributed by atoms with van der Waals surface area (Å²) in [5, 5.41) is 7.70. The van der Waals surface area contributed by atoms with E-state index in [1.165, 1.54) is 0 Å². The number of ether oxygens (including phenoxy) is 1. The quantitative estimate of drug-likeness (QED) is 0.0432. The number of nitrogens with zero attached hydrogens (tertiary/aromatic N) is 1. The SMILES string of the molecule is CC(C)(C)[Si](C)(C)O[C@@H](CNCCCCCNC(=O)CCN1CC[C@@H](C(C(N)=O)(c2ccccc2)c2ccccc2)C1)c1ccc(OCc2ccccc2)c2[nH]c(=O)ccc12. The summed E-state index contributed by atoms with van der Waals surface area (Å²) < 4.78 is 13.3. The molecular weight excluding hydrogens is 779 g/mol. The number of amides is 2. The van der Waals surface area contributed by atoms with Crippen LogP contribution in [-0.4, -0.2) is 69.3 Å². The predicted molar refractivity (Wildman–Crippen MR) is 248 cm³/mol. The number of likely N-dealkylation sites (tertiary alicyclic amines) is 1. The molecule has 2 amide bonds. The molecular formula is C50H65N5O5Si. The van der Waals surface area contributed by atoms with Gasteiger partial charge >= 0.3 is 0 Å². The number of unbranched alkanes of at least 4 members (excludes halogenated alkanes) is 2. The van der Waals surface area contributed by atoms with Crippen LogP contribution in [0, 0.1) is 5.92 Å². The number of aromatic amines is 1. The van der Waals surface area contributed by atoms with Crippen LogP contribution in [0.3, 0.4) is 0 Å². The summed E-state index contributed by atoms with van der Waals surface area (Å²) in [5.41, 5.74) is 9.72. The van der Waals surface area contributed by atoms with E-state index in [1.54, 1.807) is 6.07 Å². The van der Waals surface area contributed by atoms with Gasteiger partial charge < -0.3 is 35.4 Å². The highest BCUT2D eigenvalue weighted by molar-refractivity contribution is 6.74. The molecule has 10 nitrogen and oxygen atoms in total. The normalized spacial score (nSPS) is 15.5. The molecule has 1 aromatic heterocycles. The molecule has 2 atom stereocenters. The van der Waals surface area contributed by atoms with E-state index < -0.39 is 13.7 Å². The van der Waals surface area contributed by atoms with E-state index in [2.05, 4.69) is 60.4 Å². The molecule has 324 valence electrons. The summed E-state index contributed by atoms with van der Waals surface area (Å²) in [6, 6.07) is 37.2. The van der Waals surface area contributed by atoms with Crippen LogP contribution in [0.1, 0.15) is 81.2 Å². The Labute approximate surface area is 362 Å². The van der Waals surface area contributed by atoms with Gasteiger partial charge in [0.1, 0.15) is 17.8 Å². The number of nitrogens with two attached hydrogens (primary N) is 1. The van der Waals surface area contributed by atoms with Gasteiger partial charge in [0.15, 0.2) is 8.32 Å².